The topological polar surface area (TPSA) is 9.23 Å². The molecule has 0 aromatic heterocycles. The summed E-state index contributed by atoms with van der Waals surface area (Å²) in [6.45, 7) is 9.65. The highest BCUT2D eigenvalue weighted by atomic mass is 19.2. The monoisotopic (exact) mass is 446 g/mol. The first-order valence-corrected chi connectivity index (χ1v) is 12.1. The van der Waals surface area contributed by atoms with Crippen LogP contribution in [0.25, 0.3) is 0 Å². The van der Waals surface area contributed by atoms with Crippen LogP contribution in [0.4, 0.5) is 13.2 Å². The Morgan fingerprint density at radius 3 is 1.94 bits per heavy atom. The van der Waals surface area contributed by atoms with Crippen LogP contribution < -0.4 is 0 Å². The van der Waals surface area contributed by atoms with Crippen LogP contribution in [0.1, 0.15) is 94.1 Å². The fourth-order valence-corrected chi connectivity index (χ4v) is 5.34. The zero-order chi connectivity index (χ0) is 23.3. The van der Waals surface area contributed by atoms with Crippen molar-refractivity contribution < 1.29 is 17.9 Å². The summed E-state index contributed by atoms with van der Waals surface area (Å²) in [6.07, 6.45) is 10.3. The fourth-order valence-electron chi connectivity index (χ4n) is 5.34. The molecule has 0 saturated heterocycles. The summed E-state index contributed by atoms with van der Waals surface area (Å²) in [5.41, 5.74) is 1.55. The van der Waals surface area contributed by atoms with Gasteiger partial charge in [0.1, 0.15) is 11.6 Å². The summed E-state index contributed by atoms with van der Waals surface area (Å²) >= 11 is 0. The Morgan fingerprint density at radius 1 is 0.938 bits per heavy atom. The lowest BCUT2D eigenvalue weighted by Gasteiger charge is -2.30. The standard InChI is InChI=1S/C28H37F3O/c1-18-5-11-22(12-6-18)24-15-16-25(28(31)27(24)30)23-13-9-21(10-14-23)8-7-19(2)26(29)17-20(3)32-4/h15-18,21-23H,2-3,5-14H2,1,4H3/b26-17+. The molecule has 1 aromatic rings. The quantitative estimate of drug-likeness (QED) is 0.286. The first-order chi connectivity index (χ1) is 15.3. The van der Waals surface area contributed by atoms with Crippen LogP contribution in [0.2, 0.25) is 0 Å². The van der Waals surface area contributed by atoms with Crippen molar-refractivity contribution >= 4 is 0 Å². The van der Waals surface area contributed by atoms with E-state index in [2.05, 4.69) is 20.1 Å². The van der Waals surface area contributed by atoms with Crippen LogP contribution in [-0.4, -0.2) is 7.11 Å². The van der Waals surface area contributed by atoms with Crippen LogP contribution in [0, 0.1) is 23.5 Å². The number of rotatable bonds is 8. The number of allylic oxidation sites excluding steroid dienone is 3. The van der Waals surface area contributed by atoms with Gasteiger partial charge in [0.2, 0.25) is 0 Å². The maximum absolute atomic E-state index is 15.0. The van der Waals surface area contributed by atoms with Crippen LogP contribution >= 0.6 is 0 Å². The lowest BCUT2D eigenvalue weighted by molar-refractivity contribution is 0.302. The Labute approximate surface area is 191 Å². The van der Waals surface area contributed by atoms with Gasteiger partial charge < -0.3 is 4.74 Å². The third-order valence-electron chi connectivity index (χ3n) is 7.63. The van der Waals surface area contributed by atoms with E-state index in [0.717, 1.165) is 57.8 Å². The van der Waals surface area contributed by atoms with Gasteiger partial charge in [-0.1, -0.05) is 45.1 Å². The van der Waals surface area contributed by atoms with Gasteiger partial charge in [0.25, 0.3) is 0 Å². The first-order valence-electron chi connectivity index (χ1n) is 12.1. The highest BCUT2D eigenvalue weighted by Crippen LogP contribution is 2.42. The molecule has 0 atom stereocenters. The fraction of sp³-hybridized carbons (Fsp3) is 0.571. The van der Waals surface area contributed by atoms with Gasteiger partial charge in [-0.3, -0.25) is 0 Å². The predicted octanol–water partition coefficient (Wildman–Crippen LogP) is 8.88. The van der Waals surface area contributed by atoms with Gasteiger partial charge in [0.15, 0.2) is 11.6 Å². The Balaban J connectivity index is 1.54. The second-order valence-corrected chi connectivity index (χ2v) is 9.85. The molecule has 2 aliphatic carbocycles. The first kappa shape index (κ1) is 24.7. The van der Waals surface area contributed by atoms with E-state index in [4.69, 9.17) is 4.74 Å². The molecule has 0 unspecified atom stereocenters. The maximum Gasteiger partial charge on any atom is 0.162 e. The Kier molecular flexibility index (Phi) is 8.67. The molecule has 176 valence electrons. The zero-order valence-corrected chi connectivity index (χ0v) is 19.6. The second kappa shape index (κ2) is 11.2. The summed E-state index contributed by atoms with van der Waals surface area (Å²) < 4.78 is 48.9. The molecule has 0 amide bonds. The summed E-state index contributed by atoms with van der Waals surface area (Å²) in [7, 11) is 1.45. The smallest absolute Gasteiger partial charge is 0.162 e. The Bertz CT molecular complexity index is 840. The van der Waals surface area contributed by atoms with Crippen molar-refractivity contribution in [2.75, 3.05) is 7.11 Å². The van der Waals surface area contributed by atoms with Crippen molar-refractivity contribution in [1.82, 2.24) is 0 Å². The average molecular weight is 447 g/mol. The van der Waals surface area contributed by atoms with Crippen LogP contribution in [-0.2, 0) is 4.74 Å². The Morgan fingerprint density at radius 2 is 1.44 bits per heavy atom. The van der Waals surface area contributed by atoms with E-state index in [0.29, 0.717) is 35.0 Å². The lowest BCUT2D eigenvalue weighted by Crippen LogP contribution is -2.17. The third kappa shape index (κ3) is 6.08. The van der Waals surface area contributed by atoms with Gasteiger partial charge in [-0.05, 0) is 91.7 Å². The van der Waals surface area contributed by atoms with E-state index >= 15 is 0 Å². The van der Waals surface area contributed by atoms with E-state index in [1.165, 1.54) is 13.2 Å². The molecule has 0 bridgehead atoms. The van der Waals surface area contributed by atoms with Crippen LogP contribution in [0.15, 0.2) is 48.5 Å². The normalized spacial score (nSPS) is 26.6. The number of ether oxygens (including phenoxy) is 1. The van der Waals surface area contributed by atoms with Crippen molar-refractivity contribution in [3.63, 3.8) is 0 Å². The minimum Gasteiger partial charge on any atom is -0.497 e. The van der Waals surface area contributed by atoms with Crippen molar-refractivity contribution in [3.8, 4) is 0 Å². The molecule has 0 aliphatic heterocycles. The van der Waals surface area contributed by atoms with Crippen LogP contribution in [0.3, 0.4) is 0 Å². The molecule has 1 nitrogen and oxygen atoms in total. The van der Waals surface area contributed by atoms with Gasteiger partial charge in [-0.15, -0.1) is 0 Å². The summed E-state index contributed by atoms with van der Waals surface area (Å²) in [5.74, 6) is -0.0388. The van der Waals surface area contributed by atoms with Gasteiger partial charge >= 0.3 is 0 Å². The van der Waals surface area contributed by atoms with Gasteiger partial charge in [-0.25, -0.2) is 13.2 Å². The van der Waals surface area contributed by atoms with E-state index in [1.54, 1.807) is 0 Å². The third-order valence-corrected chi connectivity index (χ3v) is 7.63. The molecule has 32 heavy (non-hydrogen) atoms. The zero-order valence-electron chi connectivity index (χ0n) is 19.6. The number of methoxy groups -OCH3 is 1. The van der Waals surface area contributed by atoms with Crippen molar-refractivity contribution in [3.05, 3.63) is 71.3 Å². The molecular weight excluding hydrogens is 409 g/mol. The largest absolute Gasteiger partial charge is 0.497 e. The highest BCUT2D eigenvalue weighted by molar-refractivity contribution is 5.32. The lowest BCUT2D eigenvalue weighted by atomic mass is 9.75. The van der Waals surface area contributed by atoms with Crippen molar-refractivity contribution in [2.24, 2.45) is 11.8 Å². The molecule has 3 rings (SSSR count). The average Bonchev–Trinajstić information content (AvgIpc) is 2.80. The molecule has 0 spiro atoms. The number of benzene rings is 1. The maximum atomic E-state index is 15.0. The molecule has 2 fully saturated rings. The van der Waals surface area contributed by atoms with E-state index in [-0.39, 0.29) is 17.6 Å². The minimum atomic E-state index is -0.636. The number of halogens is 3. The second-order valence-electron chi connectivity index (χ2n) is 9.85. The van der Waals surface area contributed by atoms with Gasteiger partial charge in [0.05, 0.1) is 7.11 Å². The molecule has 0 radical (unpaired) electrons. The van der Waals surface area contributed by atoms with Crippen molar-refractivity contribution in [2.45, 2.75) is 83.0 Å². The van der Waals surface area contributed by atoms with E-state index in [9.17, 15) is 13.2 Å². The van der Waals surface area contributed by atoms with Gasteiger partial charge in [-0.2, -0.15) is 0 Å². The summed E-state index contributed by atoms with van der Waals surface area (Å²) in [4.78, 5) is 0. The molecule has 4 heteroatoms. The van der Waals surface area contributed by atoms with Gasteiger partial charge in [0, 0.05) is 6.08 Å². The molecule has 0 heterocycles. The van der Waals surface area contributed by atoms with Crippen molar-refractivity contribution in [1.29, 1.82) is 0 Å². The Hall–Kier alpha value is -1.97. The van der Waals surface area contributed by atoms with E-state index in [1.807, 2.05) is 12.1 Å². The molecule has 0 N–H and O–H groups in total. The minimum absolute atomic E-state index is 0.0611. The SMILES string of the molecule is C=C(/C=C(/F)C(=C)CCC1CCC(c2ccc(C3CCC(C)CC3)c(F)c2F)CC1)OC. The highest BCUT2D eigenvalue weighted by Gasteiger charge is 2.29. The van der Waals surface area contributed by atoms with E-state index < -0.39 is 17.5 Å². The molecule has 2 saturated carbocycles. The molecular formula is C28H37F3O. The molecule has 1 aromatic carbocycles. The predicted molar refractivity (Wildman–Crippen MR) is 125 cm³/mol. The van der Waals surface area contributed by atoms with Crippen LogP contribution in [0.5, 0.6) is 0 Å². The number of hydrogen-bond acceptors (Lipinski definition) is 1. The number of hydrogen-bond donors (Lipinski definition) is 0. The molecule has 2 aliphatic rings. The summed E-state index contributed by atoms with van der Waals surface area (Å²) in [6, 6.07) is 3.68. The summed E-state index contributed by atoms with van der Waals surface area (Å²) in [5, 5.41) is 0.